The van der Waals surface area contributed by atoms with Crippen LogP contribution < -0.4 is 0 Å². The molecule has 3 saturated heterocycles. The van der Waals surface area contributed by atoms with E-state index in [0.717, 1.165) is 12.5 Å². The van der Waals surface area contributed by atoms with E-state index in [0.29, 0.717) is 18.6 Å². The summed E-state index contributed by atoms with van der Waals surface area (Å²) < 4.78 is 0. The molecule has 0 saturated carbocycles. The van der Waals surface area contributed by atoms with Gasteiger partial charge in [0.25, 0.3) is 0 Å². The van der Waals surface area contributed by atoms with Gasteiger partial charge >= 0.3 is 0 Å². The van der Waals surface area contributed by atoms with Gasteiger partial charge in [0.15, 0.2) is 0 Å². The highest BCUT2D eigenvalue weighted by Gasteiger charge is 2.38. The standard InChI is InChI=1S/C10H17NO/c1-2-8-6-11-4-3-9(8)5-10(11)7-12/h2,8-10,12H,1,3-7H2/t8-,9?,10+/m1/s1. The summed E-state index contributed by atoms with van der Waals surface area (Å²) in [6, 6.07) is 0.444. The molecule has 0 aromatic rings. The van der Waals surface area contributed by atoms with Crippen LogP contribution in [0.1, 0.15) is 12.8 Å². The fourth-order valence-corrected chi connectivity index (χ4v) is 2.64. The molecule has 3 rings (SSSR count). The molecule has 2 heteroatoms. The topological polar surface area (TPSA) is 23.5 Å². The molecule has 3 heterocycles. The highest BCUT2D eigenvalue weighted by atomic mass is 16.3. The van der Waals surface area contributed by atoms with Crippen LogP contribution in [0.15, 0.2) is 12.7 Å². The Bertz CT molecular complexity index is 181. The zero-order valence-corrected chi connectivity index (χ0v) is 7.45. The monoisotopic (exact) mass is 167 g/mol. The molecule has 0 radical (unpaired) electrons. The molecule has 3 fully saturated rings. The predicted octanol–water partition coefficient (Wildman–Crippen LogP) is 0.875. The summed E-state index contributed by atoms with van der Waals surface area (Å²) >= 11 is 0. The van der Waals surface area contributed by atoms with E-state index >= 15 is 0 Å². The van der Waals surface area contributed by atoms with Gasteiger partial charge in [-0.05, 0) is 31.2 Å². The second kappa shape index (κ2) is 3.19. The van der Waals surface area contributed by atoms with Crippen molar-refractivity contribution in [1.29, 1.82) is 0 Å². The average Bonchev–Trinajstić information content (AvgIpc) is 2.18. The SMILES string of the molecule is C=C[C@@H]1CN2CCC1C[C@H]2CO. The molecule has 0 aromatic carbocycles. The van der Waals surface area contributed by atoms with Gasteiger partial charge in [-0.1, -0.05) is 6.08 Å². The molecular formula is C10H17NO. The number of piperidine rings is 3. The van der Waals surface area contributed by atoms with Gasteiger partial charge in [-0.25, -0.2) is 0 Å². The van der Waals surface area contributed by atoms with Crippen LogP contribution in [-0.2, 0) is 0 Å². The van der Waals surface area contributed by atoms with Crippen molar-refractivity contribution in [3.63, 3.8) is 0 Å². The molecule has 0 aliphatic carbocycles. The molecule has 2 nitrogen and oxygen atoms in total. The van der Waals surface area contributed by atoms with Gasteiger partial charge in [-0.2, -0.15) is 0 Å². The summed E-state index contributed by atoms with van der Waals surface area (Å²) in [7, 11) is 0. The van der Waals surface area contributed by atoms with E-state index in [-0.39, 0.29) is 0 Å². The van der Waals surface area contributed by atoms with Crippen LogP contribution in [0.2, 0.25) is 0 Å². The van der Waals surface area contributed by atoms with Crippen LogP contribution in [0.5, 0.6) is 0 Å². The second-order valence-electron chi connectivity index (χ2n) is 4.02. The van der Waals surface area contributed by atoms with E-state index in [1.165, 1.54) is 19.4 Å². The van der Waals surface area contributed by atoms with E-state index < -0.39 is 0 Å². The first kappa shape index (κ1) is 8.27. The fraction of sp³-hybridized carbons (Fsp3) is 0.800. The summed E-state index contributed by atoms with van der Waals surface area (Å²) in [4.78, 5) is 2.41. The minimum Gasteiger partial charge on any atom is -0.395 e. The smallest absolute Gasteiger partial charge is 0.0586 e. The number of aliphatic hydroxyl groups is 1. The third-order valence-corrected chi connectivity index (χ3v) is 3.44. The highest BCUT2D eigenvalue weighted by molar-refractivity contribution is 4.98. The van der Waals surface area contributed by atoms with Gasteiger partial charge in [0, 0.05) is 12.6 Å². The number of nitrogens with zero attached hydrogens (tertiary/aromatic N) is 1. The van der Waals surface area contributed by atoms with Crippen molar-refractivity contribution >= 4 is 0 Å². The molecule has 12 heavy (non-hydrogen) atoms. The lowest BCUT2D eigenvalue weighted by Gasteiger charge is -2.48. The van der Waals surface area contributed by atoms with E-state index in [9.17, 15) is 0 Å². The minimum atomic E-state index is 0.334. The maximum Gasteiger partial charge on any atom is 0.0586 e. The lowest BCUT2D eigenvalue weighted by molar-refractivity contribution is -0.00631. The van der Waals surface area contributed by atoms with Crippen LogP contribution in [0.4, 0.5) is 0 Å². The molecule has 3 aliphatic heterocycles. The van der Waals surface area contributed by atoms with Crippen LogP contribution in [0, 0.1) is 11.8 Å². The molecule has 0 amide bonds. The first-order chi connectivity index (χ1) is 5.85. The van der Waals surface area contributed by atoms with Gasteiger partial charge < -0.3 is 5.11 Å². The number of hydrogen-bond donors (Lipinski definition) is 1. The van der Waals surface area contributed by atoms with Crippen molar-refractivity contribution in [2.24, 2.45) is 11.8 Å². The van der Waals surface area contributed by atoms with Crippen LogP contribution in [0.25, 0.3) is 0 Å². The number of fused-ring (bicyclic) bond motifs is 3. The largest absolute Gasteiger partial charge is 0.395 e. The molecule has 2 unspecified atom stereocenters. The molecule has 3 aliphatic rings. The van der Waals surface area contributed by atoms with E-state index in [4.69, 9.17) is 5.11 Å². The van der Waals surface area contributed by atoms with E-state index in [2.05, 4.69) is 17.6 Å². The molecule has 4 atom stereocenters. The lowest BCUT2D eigenvalue weighted by atomic mass is 9.76. The Hall–Kier alpha value is -0.340. The van der Waals surface area contributed by atoms with E-state index in [1.807, 2.05) is 0 Å². The van der Waals surface area contributed by atoms with Gasteiger partial charge in [-0.15, -0.1) is 6.58 Å². The summed E-state index contributed by atoms with van der Waals surface area (Å²) in [6.45, 7) is 6.50. The Morgan fingerprint density at radius 1 is 1.58 bits per heavy atom. The number of hydrogen-bond acceptors (Lipinski definition) is 2. The van der Waals surface area contributed by atoms with Crippen molar-refractivity contribution in [3.8, 4) is 0 Å². The lowest BCUT2D eigenvalue weighted by Crippen LogP contribution is -2.54. The highest BCUT2D eigenvalue weighted by Crippen LogP contribution is 2.36. The van der Waals surface area contributed by atoms with Crippen LogP contribution in [0.3, 0.4) is 0 Å². The molecule has 0 spiro atoms. The fourth-order valence-electron chi connectivity index (χ4n) is 2.64. The van der Waals surface area contributed by atoms with Crippen LogP contribution in [-0.4, -0.2) is 35.7 Å². The van der Waals surface area contributed by atoms with Crippen LogP contribution >= 0.6 is 0 Å². The maximum atomic E-state index is 9.10. The minimum absolute atomic E-state index is 0.334. The quantitative estimate of drug-likeness (QED) is 0.617. The van der Waals surface area contributed by atoms with Gasteiger partial charge in [-0.3, -0.25) is 4.90 Å². The molecule has 68 valence electrons. The Balaban J connectivity index is 2.05. The Labute approximate surface area is 73.9 Å². The third-order valence-electron chi connectivity index (χ3n) is 3.44. The molecule has 1 N–H and O–H groups in total. The molecule has 2 bridgehead atoms. The Morgan fingerprint density at radius 2 is 2.42 bits per heavy atom. The van der Waals surface area contributed by atoms with Crippen molar-refractivity contribution in [3.05, 3.63) is 12.7 Å². The van der Waals surface area contributed by atoms with Gasteiger partial charge in [0.2, 0.25) is 0 Å². The second-order valence-corrected chi connectivity index (χ2v) is 4.02. The molecule has 0 aromatic heterocycles. The van der Waals surface area contributed by atoms with Crippen molar-refractivity contribution in [2.45, 2.75) is 18.9 Å². The van der Waals surface area contributed by atoms with E-state index in [1.54, 1.807) is 0 Å². The zero-order valence-electron chi connectivity index (χ0n) is 7.45. The number of rotatable bonds is 2. The first-order valence-corrected chi connectivity index (χ1v) is 4.82. The van der Waals surface area contributed by atoms with Crippen molar-refractivity contribution in [2.75, 3.05) is 19.7 Å². The van der Waals surface area contributed by atoms with Crippen molar-refractivity contribution < 1.29 is 5.11 Å². The first-order valence-electron chi connectivity index (χ1n) is 4.82. The van der Waals surface area contributed by atoms with Gasteiger partial charge in [0.05, 0.1) is 6.61 Å². The zero-order chi connectivity index (χ0) is 8.55. The summed E-state index contributed by atoms with van der Waals surface area (Å²) in [5.41, 5.74) is 0. The third kappa shape index (κ3) is 1.19. The molecular weight excluding hydrogens is 150 g/mol. The normalized spacial score (nSPS) is 46.1. The Morgan fingerprint density at radius 3 is 2.92 bits per heavy atom. The summed E-state index contributed by atoms with van der Waals surface area (Å²) in [5.74, 6) is 1.48. The summed E-state index contributed by atoms with van der Waals surface area (Å²) in [6.07, 6.45) is 4.56. The van der Waals surface area contributed by atoms with Gasteiger partial charge in [0.1, 0.15) is 0 Å². The maximum absolute atomic E-state index is 9.10. The summed E-state index contributed by atoms with van der Waals surface area (Å²) in [5, 5.41) is 9.10. The van der Waals surface area contributed by atoms with Crippen molar-refractivity contribution in [1.82, 2.24) is 4.90 Å². The predicted molar refractivity (Wildman–Crippen MR) is 48.9 cm³/mol. The average molecular weight is 167 g/mol. The Kier molecular flexibility index (Phi) is 2.20. The number of aliphatic hydroxyl groups excluding tert-OH is 1.